The van der Waals surface area contributed by atoms with Crippen LogP contribution in [0.2, 0.25) is 0 Å². The van der Waals surface area contributed by atoms with Crippen LogP contribution in [0, 0.1) is 11.3 Å². The molecule has 3 rings (SSSR count). The minimum absolute atomic E-state index is 0.0157. The fraction of sp³-hybridized carbons (Fsp3) is 0.733. The summed E-state index contributed by atoms with van der Waals surface area (Å²) >= 11 is 3.70. The maximum absolute atomic E-state index is 12.7. The normalized spacial score (nSPS) is 43.2. The van der Waals surface area contributed by atoms with Crippen molar-refractivity contribution < 1.29 is 19.1 Å². The van der Waals surface area contributed by atoms with Crippen molar-refractivity contribution in [3.63, 3.8) is 0 Å². The molecule has 0 aromatic carbocycles. The number of ketones is 1. The molecule has 2 heterocycles. The van der Waals surface area contributed by atoms with Gasteiger partial charge in [0, 0.05) is 4.83 Å². The van der Waals surface area contributed by atoms with Gasteiger partial charge in [-0.15, -0.1) is 0 Å². The van der Waals surface area contributed by atoms with Crippen LogP contribution in [0.3, 0.4) is 0 Å². The Kier molecular flexibility index (Phi) is 3.14. The number of carbonyl (C=O) groups is 2. The first-order valence-corrected chi connectivity index (χ1v) is 7.92. The minimum atomic E-state index is -0.540. The van der Waals surface area contributed by atoms with E-state index in [1.54, 1.807) is 0 Å². The Bertz CT molecular complexity index is 510. The summed E-state index contributed by atoms with van der Waals surface area (Å²) in [7, 11) is 0. The number of carbonyl (C=O) groups excluding carboxylic acids is 2. The summed E-state index contributed by atoms with van der Waals surface area (Å²) in [6.07, 6.45) is 2.81. The third-order valence-electron chi connectivity index (χ3n) is 5.00. The number of hydrogen-bond acceptors (Lipinski definition) is 4. The lowest BCUT2D eigenvalue weighted by Gasteiger charge is -2.51. The number of hydrogen-bond donors (Lipinski definition) is 0. The molecule has 110 valence electrons. The average Bonchev–Trinajstić information content (AvgIpc) is 2.60. The van der Waals surface area contributed by atoms with Crippen LogP contribution in [-0.2, 0) is 19.1 Å². The summed E-state index contributed by atoms with van der Waals surface area (Å²) in [4.78, 5) is 24.7. The van der Waals surface area contributed by atoms with Gasteiger partial charge in [0.2, 0.25) is 0 Å². The van der Waals surface area contributed by atoms with Crippen LogP contribution in [0.15, 0.2) is 11.6 Å². The monoisotopic (exact) mass is 342 g/mol. The highest BCUT2D eigenvalue weighted by Crippen LogP contribution is 2.53. The topological polar surface area (TPSA) is 52.6 Å². The Morgan fingerprint density at radius 3 is 2.70 bits per heavy atom. The van der Waals surface area contributed by atoms with Crippen molar-refractivity contribution in [3.05, 3.63) is 11.6 Å². The average molecular weight is 343 g/mol. The fourth-order valence-electron chi connectivity index (χ4n) is 3.96. The molecule has 4 nitrogen and oxygen atoms in total. The molecule has 0 amide bonds. The van der Waals surface area contributed by atoms with Crippen LogP contribution in [0.1, 0.15) is 33.6 Å². The van der Waals surface area contributed by atoms with Gasteiger partial charge in [-0.1, -0.05) is 29.8 Å². The van der Waals surface area contributed by atoms with Crippen LogP contribution in [-0.4, -0.2) is 34.9 Å². The Hall–Kier alpha value is -0.680. The van der Waals surface area contributed by atoms with Crippen LogP contribution >= 0.6 is 15.9 Å². The first-order chi connectivity index (χ1) is 9.25. The van der Waals surface area contributed by atoms with Crippen LogP contribution in [0.5, 0.6) is 0 Å². The molecule has 3 aliphatic rings. The van der Waals surface area contributed by atoms with Gasteiger partial charge in [-0.2, -0.15) is 0 Å². The molecular formula is C15H19BrO4. The summed E-state index contributed by atoms with van der Waals surface area (Å²) < 4.78 is 11.2. The van der Waals surface area contributed by atoms with E-state index in [0.717, 1.165) is 12.8 Å². The molecule has 0 unspecified atom stereocenters. The van der Waals surface area contributed by atoms with Gasteiger partial charge in [-0.05, 0) is 31.3 Å². The molecule has 1 aliphatic carbocycles. The number of halogens is 1. The van der Waals surface area contributed by atoms with Crippen LogP contribution < -0.4 is 0 Å². The second-order valence-corrected chi connectivity index (χ2v) is 7.89. The predicted molar refractivity (Wildman–Crippen MR) is 76.5 cm³/mol. The predicted octanol–water partition coefficient (Wildman–Crippen LogP) is 2.40. The highest BCUT2D eigenvalue weighted by molar-refractivity contribution is 9.09. The molecule has 0 aromatic rings. The van der Waals surface area contributed by atoms with E-state index < -0.39 is 17.7 Å². The number of alkyl halides is 1. The van der Waals surface area contributed by atoms with E-state index in [1.807, 2.05) is 6.92 Å². The molecule has 0 spiro atoms. The zero-order valence-electron chi connectivity index (χ0n) is 11.9. The van der Waals surface area contributed by atoms with Gasteiger partial charge in [-0.25, -0.2) is 4.79 Å². The second-order valence-electron chi connectivity index (χ2n) is 6.78. The number of allylic oxidation sites excluding steroid dienone is 1. The molecule has 0 radical (unpaired) electrons. The van der Waals surface area contributed by atoms with E-state index in [-0.39, 0.29) is 28.6 Å². The summed E-state index contributed by atoms with van der Waals surface area (Å²) in [6, 6.07) is 0. The molecule has 20 heavy (non-hydrogen) atoms. The fourth-order valence-corrected chi connectivity index (χ4v) is 4.45. The van der Waals surface area contributed by atoms with Crippen molar-refractivity contribution in [2.75, 3.05) is 6.61 Å². The Balaban J connectivity index is 2.07. The summed E-state index contributed by atoms with van der Waals surface area (Å²) in [5.74, 6) is -0.684. The smallest absolute Gasteiger partial charge is 0.337 e. The molecule has 2 aliphatic heterocycles. The van der Waals surface area contributed by atoms with Gasteiger partial charge >= 0.3 is 5.97 Å². The van der Waals surface area contributed by atoms with E-state index in [1.165, 1.54) is 6.08 Å². The number of fused-ring (bicyclic) bond motifs is 2. The van der Waals surface area contributed by atoms with Crippen LogP contribution in [0.4, 0.5) is 0 Å². The van der Waals surface area contributed by atoms with Crippen molar-refractivity contribution in [3.8, 4) is 0 Å². The first-order valence-electron chi connectivity index (χ1n) is 7.00. The van der Waals surface area contributed by atoms with E-state index in [9.17, 15) is 9.59 Å². The highest BCUT2D eigenvalue weighted by atomic mass is 79.9. The Morgan fingerprint density at radius 1 is 1.30 bits per heavy atom. The molecular weight excluding hydrogens is 324 g/mol. The Morgan fingerprint density at radius 2 is 2.00 bits per heavy atom. The van der Waals surface area contributed by atoms with Gasteiger partial charge in [0.15, 0.2) is 5.78 Å². The highest BCUT2D eigenvalue weighted by Gasteiger charge is 2.57. The van der Waals surface area contributed by atoms with Crippen molar-refractivity contribution in [1.82, 2.24) is 0 Å². The number of cyclic esters (lactones) is 1. The summed E-state index contributed by atoms with van der Waals surface area (Å²) in [6.45, 7) is 6.40. The first kappa shape index (κ1) is 14.3. The third kappa shape index (κ3) is 1.90. The van der Waals surface area contributed by atoms with E-state index in [2.05, 4.69) is 29.8 Å². The van der Waals surface area contributed by atoms with Gasteiger partial charge in [0.1, 0.15) is 12.7 Å². The number of esters is 1. The molecule has 0 bridgehead atoms. The maximum atomic E-state index is 12.7. The lowest BCUT2D eigenvalue weighted by atomic mass is 9.60. The van der Waals surface area contributed by atoms with E-state index >= 15 is 0 Å². The summed E-state index contributed by atoms with van der Waals surface area (Å²) in [5.41, 5.74) is -0.377. The summed E-state index contributed by atoms with van der Waals surface area (Å²) in [5, 5.41) is 0. The SMILES string of the molecule is CC1(C)[C@@H](Br)CC[C@]2(C)O[C@H]3COC(=O)C3=CC(=O)[C@@H]12. The van der Waals surface area contributed by atoms with Crippen LogP contribution in [0.25, 0.3) is 0 Å². The number of rotatable bonds is 0. The molecule has 2 fully saturated rings. The van der Waals surface area contributed by atoms with Crippen molar-refractivity contribution in [2.45, 2.75) is 50.1 Å². The molecule has 1 saturated heterocycles. The lowest BCUT2D eigenvalue weighted by molar-refractivity contribution is -0.164. The quantitative estimate of drug-likeness (QED) is 0.501. The molecule has 0 N–H and O–H groups in total. The zero-order chi connectivity index (χ0) is 14.7. The maximum Gasteiger partial charge on any atom is 0.337 e. The van der Waals surface area contributed by atoms with Gasteiger partial charge < -0.3 is 9.47 Å². The Labute approximate surface area is 127 Å². The minimum Gasteiger partial charge on any atom is -0.459 e. The van der Waals surface area contributed by atoms with Gasteiger partial charge in [0.05, 0.1) is 17.1 Å². The molecule has 5 heteroatoms. The third-order valence-corrected chi connectivity index (χ3v) is 6.64. The largest absolute Gasteiger partial charge is 0.459 e. The van der Waals surface area contributed by atoms with E-state index in [0.29, 0.717) is 5.57 Å². The molecule has 0 aromatic heterocycles. The standard InChI is InChI=1S/C15H19BrO4/c1-14(2)11(16)4-5-15(3)12(14)9(17)6-8-10(20-15)7-19-13(8)18/h6,10-12H,4-5,7H2,1-3H3/t10-,11-,12-,15-/m0/s1. The van der Waals surface area contributed by atoms with E-state index in [4.69, 9.17) is 9.47 Å². The second kappa shape index (κ2) is 4.41. The zero-order valence-corrected chi connectivity index (χ0v) is 13.5. The lowest BCUT2D eigenvalue weighted by Crippen LogP contribution is -2.56. The number of ether oxygens (including phenoxy) is 2. The van der Waals surface area contributed by atoms with Gasteiger partial charge in [-0.3, -0.25) is 4.79 Å². The van der Waals surface area contributed by atoms with Crippen molar-refractivity contribution in [2.24, 2.45) is 11.3 Å². The van der Waals surface area contributed by atoms with Crippen molar-refractivity contribution >= 4 is 27.7 Å². The van der Waals surface area contributed by atoms with Gasteiger partial charge in [0.25, 0.3) is 0 Å². The molecule has 4 atom stereocenters. The van der Waals surface area contributed by atoms with Crippen molar-refractivity contribution in [1.29, 1.82) is 0 Å². The molecule has 1 saturated carbocycles.